The van der Waals surface area contributed by atoms with Crippen LogP contribution in [0.3, 0.4) is 0 Å². The van der Waals surface area contributed by atoms with Crippen LogP contribution in [0.5, 0.6) is 0 Å². The van der Waals surface area contributed by atoms with Crippen LogP contribution < -0.4 is 10.6 Å². The van der Waals surface area contributed by atoms with Crippen molar-refractivity contribution in [3.05, 3.63) is 29.8 Å². The fraction of sp³-hybridized carbons (Fsp3) is 0.579. The van der Waals surface area contributed by atoms with Gasteiger partial charge in [0.2, 0.25) is 0 Å². The van der Waals surface area contributed by atoms with E-state index in [1.165, 1.54) is 0 Å². The number of carbonyl (C=O) groups is 2. The summed E-state index contributed by atoms with van der Waals surface area (Å²) in [6.07, 6.45) is 3.54. The summed E-state index contributed by atoms with van der Waals surface area (Å²) in [6, 6.07) is 7.63. The number of amides is 1. The molecule has 1 aromatic carbocycles. The quantitative estimate of drug-likeness (QED) is 0.819. The van der Waals surface area contributed by atoms with E-state index in [0.29, 0.717) is 12.2 Å². The largest absolute Gasteiger partial charge is 0.466 e. The number of anilines is 1. The lowest BCUT2D eigenvalue weighted by molar-refractivity contribution is -0.163. The molecule has 5 rings (SSSR count). The number of benzene rings is 1. The molecule has 0 aromatic heterocycles. The van der Waals surface area contributed by atoms with Crippen molar-refractivity contribution in [2.45, 2.75) is 45.2 Å². The van der Waals surface area contributed by atoms with Gasteiger partial charge in [-0.25, -0.2) is 0 Å². The van der Waals surface area contributed by atoms with Gasteiger partial charge in [-0.05, 0) is 50.2 Å². The molecule has 4 aliphatic rings. The van der Waals surface area contributed by atoms with Gasteiger partial charge >= 0.3 is 5.97 Å². The maximum absolute atomic E-state index is 12.6. The third-order valence-electron chi connectivity index (χ3n) is 6.24. The van der Waals surface area contributed by atoms with Crippen LogP contribution in [0.15, 0.2) is 24.3 Å². The van der Waals surface area contributed by atoms with Gasteiger partial charge in [0.1, 0.15) is 5.66 Å². The number of ether oxygens (including phenoxy) is 1. The van der Waals surface area contributed by atoms with Crippen LogP contribution >= 0.6 is 0 Å². The van der Waals surface area contributed by atoms with Crippen molar-refractivity contribution >= 4 is 17.6 Å². The molecule has 2 bridgehead atoms. The van der Waals surface area contributed by atoms with Crippen molar-refractivity contribution < 1.29 is 14.3 Å². The standard InChI is InChI=1S/C19H24N2O3/c1-3-24-17(23)14-10-12-8-9-18(14,2)11-19(12)20-15-7-5-4-6-13(15)16(22)21-19/h4-7,12,14,20H,3,8-11H2,1-2H3,(H,21,22)/t12-,14-,18-,19+/m1/s1. The zero-order valence-electron chi connectivity index (χ0n) is 14.2. The molecule has 0 unspecified atom stereocenters. The first-order chi connectivity index (χ1) is 11.5. The zero-order chi connectivity index (χ0) is 16.9. The minimum absolute atomic E-state index is 0.0202. The molecule has 3 fully saturated rings. The Bertz CT molecular complexity index is 704. The van der Waals surface area contributed by atoms with Gasteiger partial charge in [0.25, 0.3) is 5.91 Å². The Labute approximate surface area is 142 Å². The van der Waals surface area contributed by atoms with Crippen LogP contribution in [-0.4, -0.2) is 24.1 Å². The Hall–Kier alpha value is -2.04. The highest BCUT2D eigenvalue weighted by Gasteiger charge is 2.60. The third kappa shape index (κ3) is 2.14. The second kappa shape index (κ2) is 5.23. The summed E-state index contributed by atoms with van der Waals surface area (Å²) >= 11 is 0. The van der Waals surface area contributed by atoms with E-state index in [1.807, 2.05) is 31.2 Å². The highest BCUT2D eigenvalue weighted by Crippen LogP contribution is 2.58. The highest BCUT2D eigenvalue weighted by atomic mass is 16.5. The molecule has 1 spiro atoms. The molecule has 24 heavy (non-hydrogen) atoms. The van der Waals surface area contributed by atoms with E-state index in [-0.39, 0.29) is 29.1 Å². The van der Waals surface area contributed by atoms with Crippen molar-refractivity contribution in [2.75, 3.05) is 11.9 Å². The lowest BCUT2D eigenvalue weighted by Crippen LogP contribution is -2.69. The minimum Gasteiger partial charge on any atom is -0.466 e. The summed E-state index contributed by atoms with van der Waals surface area (Å²) in [5.41, 5.74) is 0.997. The topological polar surface area (TPSA) is 67.4 Å². The van der Waals surface area contributed by atoms with E-state index in [9.17, 15) is 9.59 Å². The van der Waals surface area contributed by atoms with Crippen LogP contribution in [0, 0.1) is 17.3 Å². The summed E-state index contributed by atoms with van der Waals surface area (Å²) in [4.78, 5) is 25.0. The molecule has 5 heteroatoms. The maximum Gasteiger partial charge on any atom is 0.309 e. The highest BCUT2D eigenvalue weighted by molar-refractivity contribution is 6.02. The average Bonchev–Trinajstić information content (AvgIpc) is 2.54. The molecule has 3 saturated carbocycles. The molecule has 1 aliphatic heterocycles. The molecule has 0 radical (unpaired) electrons. The molecule has 2 N–H and O–H groups in total. The van der Waals surface area contributed by atoms with E-state index < -0.39 is 5.66 Å². The molecule has 1 aromatic rings. The van der Waals surface area contributed by atoms with Crippen LogP contribution in [-0.2, 0) is 9.53 Å². The number of nitrogens with one attached hydrogen (secondary N) is 2. The smallest absolute Gasteiger partial charge is 0.309 e. The predicted molar refractivity (Wildman–Crippen MR) is 90.4 cm³/mol. The minimum atomic E-state index is -0.443. The molecule has 3 aliphatic carbocycles. The number of hydrogen-bond donors (Lipinski definition) is 2. The van der Waals surface area contributed by atoms with E-state index >= 15 is 0 Å². The first kappa shape index (κ1) is 15.5. The van der Waals surface area contributed by atoms with Gasteiger partial charge < -0.3 is 15.4 Å². The fourth-order valence-electron chi connectivity index (χ4n) is 5.05. The molecule has 1 amide bonds. The van der Waals surface area contributed by atoms with Gasteiger partial charge in [-0.2, -0.15) is 0 Å². The van der Waals surface area contributed by atoms with Crippen LogP contribution in [0.2, 0.25) is 0 Å². The Kier molecular flexibility index (Phi) is 3.37. The van der Waals surface area contributed by atoms with Crippen molar-refractivity contribution in [3.63, 3.8) is 0 Å². The summed E-state index contributed by atoms with van der Waals surface area (Å²) in [7, 11) is 0. The summed E-state index contributed by atoms with van der Waals surface area (Å²) in [6.45, 7) is 4.44. The van der Waals surface area contributed by atoms with E-state index in [2.05, 4.69) is 17.6 Å². The van der Waals surface area contributed by atoms with E-state index in [4.69, 9.17) is 4.74 Å². The first-order valence-corrected chi connectivity index (χ1v) is 8.84. The molecule has 1 heterocycles. The molecule has 0 saturated heterocycles. The monoisotopic (exact) mass is 328 g/mol. The number of para-hydroxylation sites is 1. The van der Waals surface area contributed by atoms with Gasteiger partial charge in [0.15, 0.2) is 0 Å². The molecule has 128 valence electrons. The van der Waals surface area contributed by atoms with Gasteiger partial charge in [0, 0.05) is 11.6 Å². The molecule has 4 atom stereocenters. The van der Waals surface area contributed by atoms with Crippen LogP contribution in [0.4, 0.5) is 5.69 Å². The van der Waals surface area contributed by atoms with Gasteiger partial charge in [0.05, 0.1) is 18.1 Å². The lowest BCUT2D eigenvalue weighted by atomic mass is 9.51. The molecule has 5 nitrogen and oxygen atoms in total. The van der Waals surface area contributed by atoms with Crippen LogP contribution in [0.1, 0.15) is 49.9 Å². The number of rotatable bonds is 2. The number of hydrogen-bond acceptors (Lipinski definition) is 4. The fourth-order valence-corrected chi connectivity index (χ4v) is 5.05. The Morgan fingerprint density at radius 3 is 2.88 bits per heavy atom. The zero-order valence-corrected chi connectivity index (χ0v) is 14.2. The van der Waals surface area contributed by atoms with Crippen molar-refractivity contribution in [3.8, 4) is 0 Å². The second-order valence-electron chi connectivity index (χ2n) is 7.70. The predicted octanol–water partition coefficient (Wildman–Crippen LogP) is 2.93. The van der Waals surface area contributed by atoms with Crippen molar-refractivity contribution in [1.29, 1.82) is 0 Å². The third-order valence-corrected chi connectivity index (χ3v) is 6.24. The Morgan fingerprint density at radius 1 is 1.33 bits per heavy atom. The van der Waals surface area contributed by atoms with Crippen LogP contribution in [0.25, 0.3) is 0 Å². The second-order valence-corrected chi connectivity index (χ2v) is 7.70. The maximum atomic E-state index is 12.6. The Balaban J connectivity index is 1.66. The first-order valence-electron chi connectivity index (χ1n) is 8.84. The van der Waals surface area contributed by atoms with E-state index in [0.717, 1.165) is 31.4 Å². The van der Waals surface area contributed by atoms with Gasteiger partial charge in [-0.1, -0.05) is 19.1 Å². The molecular weight excluding hydrogens is 304 g/mol. The number of esters is 1. The normalized spacial score (nSPS) is 36.7. The van der Waals surface area contributed by atoms with Crippen molar-refractivity contribution in [1.82, 2.24) is 5.32 Å². The number of fused-ring (bicyclic) bond motifs is 3. The van der Waals surface area contributed by atoms with Crippen molar-refractivity contribution in [2.24, 2.45) is 17.3 Å². The van der Waals surface area contributed by atoms with Gasteiger partial charge in [-0.3, -0.25) is 9.59 Å². The lowest BCUT2D eigenvalue weighted by Gasteiger charge is -2.60. The molecular formula is C19H24N2O3. The summed E-state index contributed by atoms with van der Waals surface area (Å²) in [5.74, 6) is 0.0685. The van der Waals surface area contributed by atoms with E-state index in [1.54, 1.807) is 0 Å². The summed E-state index contributed by atoms with van der Waals surface area (Å²) in [5, 5.41) is 6.84. The summed E-state index contributed by atoms with van der Waals surface area (Å²) < 4.78 is 5.31. The van der Waals surface area contributed by atoms with Gasteiger partial charge in [-0.15, -0.1) is 0 Å². The average molecular weight is 328 g/mol. The Morgan fingerprint density at radius 2 is 2.12 bits per heavy atom. The number of carbonyl (C=O) groups excluding carboxylic acids is 2. The SMILES string of the molecule is CCOC(=O)[C@H]1C[C@H]2CC[C@]1(C)C[C@]21NC(=O)c2ccccc2N1.